The van der Waals surface area contributed by atoms with E-state index in [2.05, 4.69) is 28.3 Å². The number of nitrogens with one attached hydrogen (secondary N) is 1. The average molecular weight is 673 g/mol. The fourth-order valence-corrected chi connectivity index (χ4v) is 7.36. The average Bonchev–Trinajstić information content (AvgIpc) is 3.06. The van der Waals surface area contributed by atoms with E-state index >= 15 is 0 Å². The Balaban J connectivity index is 1.34. The Kier molecular flexibility index (Phi) is 11.4. The van der Waals surface area contributed by atoms with Gasteiger partial charge in [0.25, 0.3) is 5.91 Å². The maximum Gasteiger partial charge on any atom is 0.408 e. The van der Waals surface area contributed by atoms with E-state index < -0.39 is 35.2 Å². The highest BCUT2D eigenvalue weighted by Crippen LogP contribution is 2.42. The van der Waals surface area contributed by atoms with Gasteiger partial charge in [0.15, 0.2) is 6.10 Å². The number of ether oxygens (including phenoxy) is 2. The van der Waals surface area contributed by atoms with Crippen LogP contribution in [0.15, 0.2) is 108 Å². The molecule has 2 aromatic carbocycles. The molecule has 1 saturated heterocycles. The highest BCUT2D eigenvalue weighted by Gasteiger charge is 2.54. The van der Waals surface area contributed by atoms with E-state index in [0.29, 0.717) is 11.3 Å². The lowest BCUT2D eigenvalue weighted by molar-refractivity contribution is -0.153. The predicted octanol–water partition coefficient (Wildman–Crippen LogP) is 6.16. The molecule has 3 aromatic rings. The number of esters is 1. The lowest BCUT2D eigenvalue weighted by Crippen LogP contribution is -2.70. The summed E-state index contributed by atoms with van der Waals surface area (Å²) in [5, 5.41) is 4.20. The molecule has 11 heteroatoms. The molecule has 1 fully saturated rings. The lowest BCUT2D eigenvalue weighted by atomic mass is 10.0. The molecule has 9 nitrogen and oxygen atoms in total. The Morgan fingerprint density at radius 2 is 1.77 bits per heavy atom. The van der Waals surface area contributed by atoms with E-state index in [0.717, 1.165) is 35.5 Å². The number of benzene rings is 2. The number of carbonyl (C=O) groups excluding carboxylic acids is 3. The molecule has 3 heterocycles. The third kappa shape index (κ3) is 9.06. The van der Waals surface area contributed by atoms with Crippen molar-refractivity contribution in [3.63, 3.8) is 0 Å². The summed E-state index contributed by atoms with van der Waals surface area (Å²) >= 11 is 3.12. The second-order valence-corrected chi connectivity index (χ2v) is 14.4. The number of aromatic nitrogens is 1. The van der Waals surface area contributed by atoms with Gasteiger partial charge in [-0.25, -0.2) is 9.59 Å². The van der Waals surface area contributed by atoms with Crippen molar-refractivity contribution in [2.45, 2.75) is 50.4 Å². The van der Waals surface area contributed by atoms with Crippen molar-refractivity contribution in [1.82, 2.24) is 20.1 Å². The van der Waals surface area contributed by atoms with Crippen molar-refractivity contribution >= 4 is 41.5 Å². The van der Waals surface area contributed by atoms with Crippen LogP contribution in [0.1, 0.15) is 43.6 Å². The van der Waals surface area contributed by atoms with E-state index in [1.807, 2.05) is 84.4 Å². The molecule has 2 amide bonds. The Morgan fingerprint density at radius 1 is 1.09 bits per heavy atom. The van der Waals surface area contributed by atoms with Crippen molar-refractivity contribution in [2.24, 2.45) is 0 Å². The molecule has 47 heavy (non-hydrogen) atoms. The summed E-state index contributed by atoms with van der Waals surface area (Å²) in [7, 11) is 2.07. The maximum absolute atomic E-state index is 14.1. The van der Waals surface area contributed by atoms with Crippen molar-refractivity contribution < 1.29 is 23.9 Å². The smallest absolute Gasteiger partial charge is 0.408 e. The van der Waals surface area contributed by atoms with Crippen LogP contribution in [-0.2, 0) is 25.6 Å². The van der Waals surface area contributed by atoms with Crippen molar-refractivity contribution in [1.29, 1.82) is 0 Å². The Bertz CT molecular complexity index is 1560. The Morgan fingerprint density at radius 3 is 2.38 bits per heavy atom. The Labute approximate surface area is 284 Å². The van der Waals surface area contributed by atoms with Crippen molar-refractivity contribution in [3.05, 3.63) is 125 Å². The van der Waals surface area contributed by atoms with E-state index in [-0.39, 0.29) is 11.6 Å². The first-order chi connectivity index (χ1) is 22.6. The van der Waals surface area contributed by atoms with Crippen molar-refractivity contribution in [2.75, 3.05) is 25.1 Å². The van der Waals surface area contributed by atoms with Gasteiger partial charge in [-0.2, -0.15) is 0 Å². The molecule has 1 aromatic heterocycles. The van der Waals surface area contributed by atoms with Crippen LogP contribution < -0.4 is 5.32 Å². The number of rotatable bonds is 12. The van der Waals surface area contributed by atoms with Gasteiger partial charge in [0.2, 0.25) is 0 Å². The summed E-state index contributed by atoms with van der Waals surface area (Å²) in [6, 6.07) is 22.3. The normalized spacial score (nSPS) is 17.9. The van der Waals surface area contributed by atoms with Crippen LogP contribution in [0.3, 0.4) is 0 Å². The van der Waals surface area contributed by atoms with E-state index in [9.17, 15) is 14.4 Å². The van der Waals surface area contributed by atoms with E-state index in [1.165, 1.54) is 16.7 Å². The standard InChI is InChI=1S/C36H40N4O5S2/c1-36(2,3)45-35(43)38-29-32(41)40-30(34(42)44-31(26-13-7-5-8-14-26)27-15-9-6-10-16-27)28(24-47-33(29)40)17-20-46-21-19-39(4)23-25-12-11-18-37-22-25/h5-18,20,22,29,31,33H,19,21,23-24H2,1-4H3,(H,38,43)/t29-,33-/m1/s1. The minimum atomic E-state index is -0.813. The zero-order valence-electron chi connectivity index (χ0n) is 27.0. The number of thioether (sulfide) groups is 2. The second-order valence-electron chi connectivity index (χ2n) is 12.3. The molecule has 0 unspecified atom stereocenters. The number of fused-ring (bicyclic) bond motifs is 1. The zero-order valence-corrected chi connectivity index (χ0v) is 28.6. The number of nitrogens with zero attached hydrogens (tertiary/aromatic N) is 3. The Hall–Kier alpha value is -4.06. The third-order valence-electron chi connectivity index (χ3n) is 7.42. The lowest BCUT2D eigenvalue weighted by Gasteiger charge is -2.49. The largest absolute Gasteiger partial charge is 0.448 e. The minimum absolute atomic E-state index is 0.198. The zero-order chi connectivity index (χ0) is 33.4. The van der Waals surface area contributed by atoms with Gasteiger partial charge in [-0.3, -0.25) is 14.7 Å². The molecule has 2 aliphatic heterocycles. The molecular formula is C36H40N4O5S2. The van der Waals surface area contributed by atoms with Gasteiger partial charge in [-0.1, -0.05) is 66.7 Å². The predicted molar refractivity (Wildman–Crippen MR) is 186 cm³/mol. The van der Waals surface area contributed by atoms with Gasteiger partial charge < -0.3 is 19.7 Å². The first-order valence-electron chi connectivity index (χ1n) is 15.4. The molecule has 0 radical (unpaired) electrons. The van der Waals surface area contributed by atoms with Gasteiger partial charge in [-0.15, -0.1) is 23.5 Å². The fraction of sp³-hybridized carbons (Fsp3) is 0.333. The van der Waals surface area contributed by atoms with Crippen LogP contribution in [0, 0.1) is 0 Å². The summed E-state index contributed by atoms with van der Waals surface area (Å²) in [5.74, 6) is 0.319. The number of carbonyl (C=O) groups is 3. The molecule has 2 atom stereocenters. The van der Waals surface area contributed by atoms with Gasteiger partial charge >= 0.3 is 12.1 Å². The van der Waals surface area contributed by atoms with Crippen LogP contribution in [0.4, 0.5) is 4.79 Å². The number of allylic oxidation sites excluding steroid dienone is 1. The second kappa shape index (κ2) is 15.7. The molecule has 0 aliphatic carbocycles. The number of hydrogen-bond donors (Lipinski definition) is 1. The van der Waals surface area contributed by atoms with E-state index in [1.54, 1.807) is 38.7 Å². The molecule has 1 N–H and O–H groups in total. The fourth-order valence-electron chi connectivity index (χ4n) is 5.23. The van der Waals surface area contributed by atoms with Gasteiger partial charge in [-0.05, 0) is 67.6 Å². The van der Waals surface area contributed by atoms with Gasteiger partial charge in [0.05, 0.1) is 0 Å². The monoisotopic (exact) mass is 672 g/mol. The van der Waals surface area contributed by atoms with Crippen LogP contribution in [0.25, 0.3) is 0 Å². The summed E-state index contributed by atoms with van der Waals surface area (Å²) in [6.07, 6.45) is 4.19. The highest BCUT2D eigenvalue weighted by molar-refractivity contribution is 8.02. The van der Waals surface area contributed by atoms with Crippen LogP contribution in [0.5, 0.6) is 0 Å². The molecule has 0 bridgehead atoms. The van der Waals surface area contributed by atoms with Gasteiger partial charge in [0, 0.05) is 37.0 Å². The minimum Gasteiger partial charge on any atom is -0.448 e. The summed E-state index contributed by atoms with van der Waals surface area (Å²) in [4.78, 5) is 48.1. The number of β-lactam (4-membered cyclic amide) rings is 1. The SMILES string of the molecule is CN(CCSC=CC1=C(C(=O)OC(c2ccccc2)c2ccccc2)N2C(=O)[C@@H](NC(=O)OC(C)(C)C)[C@H]2SC1)Cc1cccnc1. The first kappa shape index (κ1) is 34.3. The molecule has 2 aliphatic rings. The van der Waals surface area contributed by atoms with E-state index in [4.69, 9.17) is 9.47 Å². The first-order valence-corrected chi connectivity index (χ1v) is 17.5. The summed E-state index contributed by atoms with van der Waals surface area (Å²) in [5.41, 5.74) is 2.97. The molecular weight excluding hydrogens is 633 g/mol. The number of alkyl carbamates (subject to hydrolysis) is 1. The molecule has 246 valence electrons. The topological polar surface area (TPSA) is 101 Å². The molecule has 0 saturated carbocycles. The summed E-state index contributed by atoms with van der Waals surface area (Å²) in [6.45, 7) is 6.95. The van der Waals surface area contributed by atoms with Gasteiger partial charge in [0.1, 0.15) is 22.7 Å². The third-order valence-corrected chi connectivity index (χ3v) is 9.47. The maximum atomic E-state index is 14.1. The van der Waals surface area contributed by atoms with Crippen LogP contribution in [0.2, 0.25) is 0 Å². The quantitative estimate of drug-likeness (QED) is 0.138. The molecule has 0 spiro atoms. The van der Waals surface area contributed by atoms with Crippen LogP contribution >= 0.6 is 23.5 Å². The number of pyridine rings is 1. The van der Waals surface area contributed by atoms with Crippen molar-refractivity contribution in [3.8, 4) is 0 Å². The number of amides is 2. The summed E-state index contributed by atoms with van der Waals surface area (Å²) < 4.78 is 11.6. The highest BCUT2D eigenvalue weighted by atomic mass is 32.2. The molecule has 5 rings (SSSR count). The number of hydrogen-bond acceptors (Lipinski definition) is 9. The van der Waals surface area contributed by atoms with Crippen LogP contribution in [-0.4, -0.2) is 74.9 Å².